The normalized spacial score (nSPS) is 12.2. The highest BCUT2D eigenvalue weighted by atomic mass is 32.2. The van der Waals surface area contributed by atoms with Gasteiger partial charge < -0.3 is 19.7 Å². The molecule has 0 spiro atoms. The van der Waals surface area contributed by atoms with E-state index in [2.05, 4.69) is 5.32 Å². The van der Waals surface area contributed by atoms with E-state index in [4.69, 9.17) is 9.47 Å². The lowest BCUT2D eigenvalue weighted by atomic mass is 10.1. The van der Waals surface area contributed by atoms with Crippen molar-refractivity contribution in [1.82, 2.24) is 10.2 Å². The van der Waals surface area contributed by atoms with Crippen molar-refractivity contribution < 1.29 is 27.5 Å². The molecule has 3 rings (SSSR count). The molecule has 0 saturated heterocycles. The molecule has 0 fully saturated rings. The lowest BCUT2D eigenvalue weighted by molar-refractivity contribution is -0.140. The highest BCUT2D eigenvalue weighted by Crippen LogP contribution is 2.33. The standard InChI is InChI=1S/C30H37N3O6S/c1-22(29(35)31-30(2,3)4)32(20-23-12-8-7-9-13-23)28(34)21-33(26-14-10-11-15-27(26)39-6)40(36,37)25-18-16-24(38-5)17-19-25/h7-19,22H,20-21H2,1-6H3,(H,31,35)/t22-/m0/s1. The lowest BCUT2D eigenvalue weighted by Gasteiger charge is -2.33. The molecule has 0 saturated carbocycles. The number of rotatable bonds is 11. The fourth-order valence-electron chi connectivity index (χ4n) is 4.06. The second-order valence-corrected chi connectivity index (χ2v) is 12.1. The van der Waals surface area contributed by atoms with Crippen molar-refractivity contribution in [3.05, 3.63) is 84.4 Å². The van der Waals surface area contributed by atoms with E-state index >= 15 is 0 Å². The number of hydrogen-bond acceptors (Lipinski definition) is 6. The average molecular weight is 568 g/mol. The Kier molecular flexibility index (Phi) is 9.81. The Hall–Kier alpha value is -4.05. The maximum atomic E-state index is 14.0. The zero-order valence-electron chi connectivity index (χ0n) is 23.7. The van der Waals surface area contributed by atoms with Crippen LogP contribution in [0.3, 0.4) is 0 Å². The van der Waals surface area contributed by atoms with Gasteiger partial charge in [-0.2, -0.15) is 0 Å². The summed E-state index contributed by atoms with van der Waals surface area (Å²) in [6, 6.07) is 20.8. The van der Waals surface area contributed by atoms with Gasteiger partial charge in [-0.05, 0) is 69.7 Å². The molecule has 0 radical (unpaired) electrons. The molecule has 0 unspecified atom stereocenters. The highest BCUT2D eigenvalue weighted by molar-refractivity contribution is 7.92. The number of ether oxygens (including phenoxy) is 2. The summed E-state index contributed by atoms with van der Waals surface area (Å²) in [7, 11) is -1.32. The first-order chi connectivity index (χ1) is 18.9. The Balaban J connectivity index is 2.06. The first-order valence-corrected chi connectivity index (χ1v) is 14.3. The first kappa shape index (κ1) is 30.5. The number of carbonyl (C=O) groups excluding carboxylic acids is 2. The summed E-state index contributed by atoms with van der Waals surface area (Å²) in [5.74, 6) is -0.130. The molecule has 0 aliphatic heterocycles. The van der Waals surface area contributed by atoms with Crippen molar-refractivity contribution in [2.45, 2.75) is 50.7 Å². The van der Waals surface area contributed by atoms with E-state index in [0.717, 1.165) is 9.87 Å². The van der Waals surface area contributed by atoms with Crippen LogP contribution in [0.2, 0.25) is 0 Å². The molecule has 214 valence electrons. The molecule has 2 amide bonds. The molecule has 3 aromatic rings. The highest BCUT2D eigenvalue weighted by Gasteiger charge is 2.34. The molecule has 0 bridgehead atoms. The summed E-state index contributed by atoms with van der Waals surface area (Å²) in [5, 5.41) is 2.91. The van der Waals surface area contributed by atoms with Crippen LogP contribution in [0.25, 0.3) is 0 Å². The summed E-state index contributed by atoms with van der Waals surface area (Å²) < 4.78 is 39.6. The number of nitrogens with zero attached hydrogens (tertiary/aromatic N) is 2. The maximum absolute atomic E-state index is 14.0. The van der Waals surface area contributed by atoms with Gasteiger partial charge in [0.2, 0.25) is 11.8 Å². The van der Waals surface area contributed by atoms with E-state index in [1.54, 1.807) is 31.2 Å². The molecule has 1 N–H and O–H groups in total. The number of anilines is 1. The Labute approximate surface area is 236 Å². The number of sulfonamides is 1. The van der Waals surface area contributed by atoms with Crippen LogP contribution >= 0.6 is 0 Å². The minimum atomic E-state index is -4.24. The Morgan fingerprint density at radius 1 is 0.875 bits per heavy atom. The second kappa shape index (κ2) is 12.9. The van der Waals surface area contributed by atoms with Gasteiger partial charge in [-0.1, -0.05) is 42.5 Å². The second-order valence-electron chi connectivity index (χ2n) is 10.3. The molecule has 1 atom stereocenters. The summed E-state index contributed by atoms with van der Waals surface area (Å²) in [6.07, 6.45) is 0. The van der Waals surface area contributed by atoms with Crippen molar-refractivity contribution in [2.24, 2.45) is 0 Å². The molecule has 40 heavy (non-hydrogen) atoms. The predicted octanol–water partition coefficient (Wildman–Crippen LogP) is 4.23. The van der Waals surface area contributed by atoms with Crippen molar-refractivity contribution >= 4 is 27.5 Å². The van der Waals surface area contributed by atoms with Crippen molar-refractivity contribution in [1.29, 1.82) is 0 Å². The zero-order chi connectivity index (χ0) is 29.5. The van der Waals surface area contributed by atoms with Crippen LogP contribution in [0.5, 0.6) is 11.5 Å². The van der Waals surface area contributed by atoms with E-state index in [1.165, 1.54) is 43.4 Å². The third-order valence-electron chi connectivity index (χ3n) is 6.14. The third kappa shape index (κ3) is 7.53. The Bertz CT molecular complexity index is 1400. The Morgan fingerprint density at radius 3 is 2.05 bits per heavy atom. The van der Waals surface area contributed by atoms with Crippen molar-refractivity contribution in [2.75, 3.05) is 25.1 Å². The molecular weight excluding hydrogens is 530 g/mol. The Morgan fingerprint density at radius 2 is 1.48 bits per heavy atom. The first-order valence-electron chi connectivity index (χ1n) is 12.8. The van der Waals surface area contributed by atoms with Gasteiger partial charge in [0.25, 0.3) is 10.0 Å². The van der Waals surface area contributed by atoms with Crippen LogP contribution in [0.4, 0.5) is 5.69 Å². The summed E-state index contributed by atoms with van der Waals surface area (Å²) in [5.41, 5.74) is 0.474. The summed E-state index contributed by atoms with van der Waals surface area (Å²) in [6.45, 7) is 6.74. The van der Waals surface area contributed by atoms with Gasteiger partial charge in [0.05, 0.1) is 24.8 Å². The van der Waals surface area contributed by atoms with Crippen molar-refractivity contribution in [3.63, 3.8) is 0 Å². The largest absolute Gasteiger partial charge is 0.497 e. The quantitative estimate of drug-likeness (QED) is 0.372. The summed E-state index contributed by atoms with van der Waals surface area (Å²) in [4.78, 5) is 28.5. The number of amides is 2. The van der Waals surface area contributed by atoms with Crippen LogP contribution in [-0.2, 0) is 26.2 Å². The number of para-hydroxylation sites is 2. The van der Waals surface area contributed by atoms with E-state index in [0.29, 0.717) is 5.75 Å². The van der Waals surface area contributed by atoms with Gasteiger partial charge in [-0.15, -0.1) is 0 Å². The summed E-state index contributed by atoms with van der Waals surface area (Å²) >= 11 is 0. The average Bonchev–Trinajstić information content (AvgIpc) is 2.93. The van der Waals surface area contributed by atoms with E-state index in [-0.39, 0.29) is 28.8 Å². The fourth-order valence-corrected chi connectivity index (χ4v) is 5.49. The van der Waals surface area contributed by atoms with Crippen LogP contribution < -0.4 is 19.1 Å². The number of benzene rings is 3. The smallest absolute Gasteiger partial charge is 0.264 e. The van der Waals surface area contributed by atoms with Gasteiger partial charge in [0.1, 0.15) is 24.1 Å². The molecular formula is C30H37N3O6S. The van der Waals surface area contributed by atoms with Gasteiger partial charge in [-0.25, -0.2) is 8.42 Å². The SMILES string of the molecule is COc1ccc(S(=O)(=O)N(CC(=O)N(Cc2ccccc2)[C@@H](C)C(=O)NC(C)(C)C)c2ccccc2OC)cc1. The number of carbonyl (C=O) groups is 2. The topological polar surface area (TPSA) is 105 Å². The number of hydrogen-bond donors (Lipinski definition) is 1. The third-order valence-corrected chi connectivity index (χ3v) is 7.92. The van der Waals surface area contributed by atoms with Crippen LogP contribution in [-0.4, -0.2) is 57.5 Å². The van der Waals surface area contributed by atoms with E-state index < -0.39 is 34.1 Å². The van der Waals surface area contributed by atoms with E-state index in [1.807, 2.05) is 51.1 Å². The number of methoxy groups -OCH3 is 2. The molecule has 0 aliphatic carbocycles. The molecule has 9 nitrogen and oxygen atoms in total. The lowest BCUT2D eigenvalue weighted by Crippen LogP contribution is -2.54. The van der Waals surface area contributed by atoms with Crippen LogP contribution in [0.15, 0.2) is 83.8 Å². The molecule has 3 aromatic carbocycles. The monoisotopic (exact) mass is 567 g/mol. The van der Waals surface area contributed by atoms with Gasteiger partial charge in [0.15, 0.2) is 0 Å². The molecule has 0 aliphatic rings. The van der Waals surface area contributed by atoms with Gasteiger partial charge in [0, 0.05) is 12.1 Å². The van der Waals surface area contributed by atoms with Crippen LogP contribution in [0, 0.1) is 0 Å². The number of nitrogens with one attached hydrogen (secondary N) is 1. The minimum Gasteiger partial charge on any atom is -0.497 e. The molecule has 0 heterocycles. The zero-order valence-corrected chi connectivity index (χ0v) is 24.6. The fraction of sp³-hybridized carbons (Fsp3) is 0.333. The molecule has 10 heteroatoms. The predicted molar refractivity (Wildman–Crippen MR) is 155 cm³/mol. The van der Waals surface area contributed by atoms with Gasteiger partial charge >= 0.3 is 0 Å². The molecule has 0 aromatic heterocycles. The van der Waals surface area contributed by atoms with Crippen molar-refractivity contribution in [3.8, 4) is 11.5 Å². The maximum Gasteiger partial charge on any atom is 0.264 e. The minimum absolute atomic E-state index is 0.0276. The van der Waals surface area contributed by atoms with Crippen LogP contribution in [0.1, 0.15) is 33.3 Å². The van der Waals surface area contributed by atoms with Gasteiger partial charge in [-0.3, -0.25) is 13.9 Å². The van der Waals surface area contributed by atoms with E-state index in [9.17, 15) is 18.0 Å².